The van der Waals surface area contributed by atoms with Crippen LogP contribution in [0.15, 0.2) is 0 Å². The van der Waals surface area contributed by atoms with E-state index >= 15 is 0 Å². The number of hydrogen-bond donors (Lipinski definition) is 1. The third-order valence-electron chi connectivity index (χ3n) is 3.50. The molecule has 0 saturated heterocycles. The summed E-state index contributed by atoms with van der Waals surface area (Å²) >= 11 is 0. The Bertz CT molecular complexity index is 203. The SMILES string of the molecule is CC(C)(C)C1CCCC1CCC(=O)O. The second kappa shape index (κ2) is 4.33. The van der Waals surface area contributed by atoms with Gasteiger partial charge < -0.3 is 5.11 Å². The number of hydrogen-bond acceptors (Lipinski definition) is 1. The summed E-state index contributed by atoms with van der Waals surface area (Å²) in [6.45, 7) is 6.82. The minimum atomic E-state index is -0.649. The largest absolute Gasteiger partial charge is 0.481 e. The van der Waals surface area contributed by atoms with Gasteiger partial charge in [0.25, 0.3) is 0 Å². The summed E-state index contributed by atoms with van der Waals surface area (Å²) in [6, 6.07) is 0. The van der Waals surface area contributed by atoms with Crippen molar-refractivity contribution in [1.29, 1.82) is 0 Å². The van der Waals surface area contributed by atoms with Crippen molar-refractivity contribution in [2.24, 2.45) is 17.3 Å². The molecule has 1 aliphatic rings. The second-order valence-corrected chi connectivity index (χ2v) is 5.60. The number of aliphatic carboxylic acids is 1. The van der Waals surface area contributed by atoms with Gasteiger partial charge in [0.1, 0.15) is 0 Å². The van der Waals surface area contributed by atoms with E-state index in [1.807, 2.05) is 0 Å². The standard InChI is InChI=1S/C12H22O2/c1-12(2,3)10-6-4-5-9(10)7-8-11(13)14/h9-10H,4-8H2,1-3H3,(H,13,14). The first kappa shape index (κ1) is 11.5. The van der Waals surface area contributed by atoms with Gasteiger partial charge in [0, 0.05) is 6.42 Å². The molecule has 1 saturated carbocycles. The molecule has 0 heterocycles. The minimum Gasteiger partial charge on any atom is -0.481 e. The first-order valence-electron chi connectivity index (χ1n) is 5.63. The van der Waals surface area contributed by atoms with Crippen molar-refractivity contribution in [2.45, 2.75) is 52.9 Å². The molecule has 2 atom stereocenters. The maximum atomic E-state index is 10.5. The lowest BCUT2D eigenvalue weighted by atomic mass is 9.73. The normalized spacial score (nSPS) is 27.9. The summed E-state index contributed by atoms with van der Waals surface area (Å²) < 4.78 is 0. The van der Waals surface area contributed by atoms with E-state index in [9.17, 15) is 4.79 Å². The lowest BCUT2D eigenvalue weighted by Gasteiger charge is -2.32. The van der Waals surface area contributed by atoms with E-state index in [2.05, 4.69) is 20.8 Å². The van der Waals surface area contributed by atoms with E-state index in [0.29, 0.717) is 17.8 Å². The van der Waals surface area contributed by atoms with Gasteiger partial charge in [-0.3, -0.25) is 4.79 Å². The quantitative estimate of drug-likeness (QED) is 0.755. The number of carboxylic acids is 1. The lowest BCUT2D eigenvalue weighted by Crippen LogP contribution is -2.24. The molecular formula is C12H22O2. The molecule has 1 fully saturated rings. The van der Waals surface area contributed by atoms with E-state index in [0.717, 1.165) is 12.3 Å². The molecule has 0 aromatic heterocycles. The number of carboxylic acid groups (broad SMARTS) is 1. The van der Waals surface area contributed by atoms with Crippen LogP contribution in [0.3, 0.4) is 0 Å². The van der Waals surface area contributed by atoms with Crippen LogP contribution in [0.5, 0.6) is 0 Å². The summed E-state index contributed by atoms with van der Waals surface area (Å²) in [5.74, 6) is 0.720. The fraction of sp³-hybridized carbons (Fsp3) is 0.917. The van der Waals surface area contributed by atoms with E-state index < -0.39 is 5.97 Å². The average Bonchev–Trinajstić information content (AvgIpc) is 2.46. The monoisotopic (exact) mass is 198 g/mol. The van der Waals surface area contributed by atoms with Crippen LogP contribution in [0.25, 0.3) is 0 Å². The smallest absolute Gasteiger partial charge is 0.303 e. The summed E-state index contributed by atoms with van der Waals surface area (Å²) in [4.78, 5) is 10.5. The number of rotatable bonds is 3. The van der Waals surface area contributed by atoms with Crippen molar-refractivity contribution in [3.63, 3.8) is 0 Å². The fourth-order valence-corrected chi connectivity index (χ4v) is 2.83. The zero-order valence-corrected chi connectivity index (χ0v) is 9.55. The molecule has 1 N–H and O–H groups in total. The predicted molar refractivity (Wildman–Crippen MR) is 57.2 cm³/mol. The molecule has 14 heavy (non-hydrogen) atoms. The Morgan fingerprint density at radius 1 is 1.36 bits per heavy atom. The van der Waals surface area contributed by atoms with Gasteiger partial charge in [-0.25, -0.2) is 0 Å². The highest BCUT2D eigenvalue weighted by molar-refractivity contribution is 5.66. The van der Waals surface area contributed by atoms with Gasteiger partial charge in [0.2, 0.25) is 0 Å². The Labute approximate surface area is 86.7 Å². The second-order valence-electron chi connectivity index (χ2n) is 5.60. The average molecular weight is 198 g/mol. The molecule has 0 radical (unpaired) electrons. The zero-order valence-electron chi connectivity index (χ0n) is 9.55. The van der Waals surface area contributed by atoms with Crippen LogP contribution in [-0.2, 0) is 4.79 Å². The van der Waals surface area contributed by atoms with Crippen LogP contribution >= 0.6 is 0 Å². The molecular weight excluding hydrogens is 176 g/mol. The molecule has 2 heteroatoms. The topological polar surface area (TPSA) is 37.3 Å². The highest BCUT2D eigenvalue weighted by Crippen LogP contribution is 2.45. The van der Waals surface area contributed by atoms with Gasteiger partial charge in [-0.15, -0.1) is 0 Å². The molecule has 2 unspecified atom stereocenters. The first-order chi connectivity index (χ1) is 6.41. The maximum absolute atomic E-state index is 10.5. The summed E-state index contributed by atoms with van der Waals surface area (Å²) in [6.07, 6.45) is 5.02. The molecule has 1 rings (SSSR count). The van der Waals surface area contributed by atoms with Crippen LogP contribution in [0, 0.1) is 17.3 Å². The molecule has 1 aliphatic carbocycles. The first-order valence-corrected chi connectivity index (χ1v) is 5.63. The molecule has 0 spiro atoms. The van der Waals surface area contributed by atoms with Crippen molar-refractivity contribution in [3.8, 4) is 0 Å². The molecule has 0 amide bonds. The molecule has 0 aromatic rings. The van der Waals surface area contributed by atoms with Crippen molar-refractivity contribution < 1.29 is 9.90 Å². The Kier molecular flexibility index (Phi) is 3.57. The van der Waals surface area contributed by atoms with Crippen molar-refractivity contribution in [1.82, 2.24) is 0 Å². The van der Waals surface area contributed by atoms with Gasteiger partial charge in [-0.1, -0.05) is 33.6 Å². The maximum Gasteiger partial charge on any atom is 0.303 e. The summed E-state index contributed by atoms with van der Waals surface area (Å²) in [5, 5.41) is 8.66. The Morgan fingerprint density at radius 3 is 2.50 bits per heavy atom. The number of carbonyl (C=O) groups is 1. The highest BCUT2D eigenvalue weighted by atomic mass is 16.4. The van der Waals surface area contributed by atoms with Gasteiger partial charge >= 0.3 is 5.97 Å². The van der Waals surface area contributed by atoms with Gasteiger partial charge in [-0.05, 0) is 30.1 Å². The van der Waals surface area contributed by atoms with Crippen LogP contribution in [0.4, 0.5) is 0 Å². The van der Waals surface area contributed by atoms with E-state index in [1.54, 1.807) is 0 Å². The van der Waals surface area contributed by atoms with E-state index in [1.165, 1.54) is 19.3 Å². The van der Waals surface area contributed by atoms with Crippen molar-refractivity contribution in [3.05, 3.63) is 0 Å². The zero-order chi connectivity index (χ0) is 10.8. The van der Waals surface area contributed by atoms with Crippen LogP contribution < -0.4 is 0 Å². The van der Waals surface area contributed by atoms with E-state index in [4.69, 9.17) is 5.11 Å². The van der Waals surface area contributed by atoms with Gasteiger partial charge in [-0.2, -0.15) is 0 Å². The van der Waals surface area contributed by atoms with Crippen LogP contribution in [-0.4, -0.2) is 11.1 Å². The lowest BCUT2D eigenvalue weighted by molar-refractivity contribution is -0.137. The Hall–Kier alpha value is -0.530. The predicted octanol–water partition coefficient (Wildman–Crippen LogP) is 3.31. The highest BCUT2D eigenvalue weighted by Gasteiger charge is 2.35. The molecule has 0 aliphatic heterocycles. The van der Waals surface area contributed by atoms with E-state index in [-0.39, 0.29) is 0 Å². The molecule has 82 valence electrons. The van der Waals surface area contributed by atoms with Gasteiger partial charge in [0.15, 0.2) is 0 Å². The van der Waals surface area contributed by atoms with Gasteiger partial charge in [0.05, 0.1) is 0 Å². The van der Waals surface area contributed by atoms with Crippen molar-refractivity contribution in [2.75, 3.05) is 0 Å². The molecule has 0 aromatic carbocycles. The summed E-state index contributed by atoms with van der Waals surface area (Å²) in [5.41, 5.74) is 0.347. The fourth-order valence-electron chi connectivity index (χ4n) is 2.83. The molecule has 0 bridgehead atoms. The van der Waals surface area contributed by atoms with Crippen molar-refractivity contribution >= 4 is 5.97 Å². The molecule has 2 nitrogen and oxygen atoms in total. The minimum absolute atomic E-state index is 0.344. The third kappa shape index (κ3) is 3.00. The summed E-state index contributed by atoms with van der Waals surface area (Å²) in [7, 11) is 0. The Balaban J connectivity index is 2.47. The Morgan fingerprint density at radius 2 is 2.00 bits per heavy atom. The van der Waals surface area contributed by atoms with Crippen LogP contribution in [0.1, 0.15) is 52.9 Å². The third-order valence-corrected chi connectivity index (χ3v) is 3.50. The van der Waals surface area contributed by atoms with Crippen LogP contribution in [0.2, 0.25) is 0 Å².